The van der Waals surface area contributed by atoms with E-state index in [0.29, 0.717) is 4.90 Å². The van der Waals surface area contributed by atoms with Crippen LogP contribution in [0.4, 0.5) is 5.69 Å². The minimum atomic E-state index is -3.12. The summed E-state index contributed by atoms with van der Waals surface area (Å²) in [6, 6.07) is 7.21. The third-order valence-corrected chi connectivity index (χ3v) is 5.03. The standard InChI is InChI=1S/C15H25N3O2S/c1-21(19,20)15-6-4-14(5-7-15)18-11-3-10-17(12-13-18)9-2-8-16/h4-7H,2-3,8-13,16H2,1H3. The predicted molar refractivity (Wildman–Crippen MR) is 86.5 cm³/mol. The number of benzene rings is 1. The molecule has 0 atom stereocenters. The molecule has 1 aromatic carbocycles. The van der Waals surface area contributed by atoms with Gasteiger partial charge in [-0.3, -0.25) is 0 Å². The lowest BCUT2D eigenvalue weighted by Crippen LogP contribution is -2.32. The van der Waals surface area contributed by atoms with Crippen LogP contribution in [0.3, 0.4) is 0 Å². The number of hydrogen-bond acceptors (Lipinski definition) is 5. The summed E-state index contributed by atoms with van der Waals surface area (Å²) in [6.45, 7) is 5.94. The molecule has 21 heavy (non-hydrogen) atoms. The van der Waals surface area contributed by atoms with Crippen molar-refractivity contribution in [3.8, 4) is 0 Å². The molecule has 0 spiro atoms. The average Bonchev–Trinajstić information content (AvgIpc) is 2.70. The van der Waals surface area contributed by atoms with Gasteiger partial charge in [0, 0.05) is 31.6 Å². The zero-order valence-corrected chi connectivity index (χ0v) is 13.5. The molecule has 0 aromatic heterocycles. The molecule has 0 aliphatic carbocycles. The van der Waals surface area contributed by atoms with Crippen LogP contribution in [0.15, 0.2) is 29.2 Å². The maximum absolute atomic E-state index is 11.5. The van der Waals surface area contributed by atoms with Crippen LogP contribution < -0.4 is 10.6 Å². The highest BCUT2D eigenvalue weighted by atomic mass is 32.2. The van der Waals surface area contributed by atoms with Crippen LogP contribution in [0.5, 0.6) is 0 Å². The molecule has 1 saturated heterocycles. The van der Waals surface area contributed by atoms with Crippen molar-refractivity contribution in [1.29, 1.82) is 0 Å². The summed E-state index contributed by atoms with van der Waals surface area (Å²) in [4.78, 5) is 5.16. The van der Waals surface area contributed by atoms with Crippen LogP contribution in [0.1, 0.15) is 12.8 Å². The molecule has 2 rings (SSSR count). The van der Waals surface area contributed by atoms with Crippen molar-refractivity contribution in [2.75, 3.05) is 50.4 Å². The van der Waals surface area contributed by atoms with E-state index in [4.69, 9.17) is 5.73 Å². The van der Waals surface area contributed by atoms with Gasteiger partial charge in [-0.1, -0.05) is 0 Å². The van der Waals surface area contributed by atoms with Gasteiger partial charge in [0.25, 0.3) is 0 Å². The number of nitrogens with zero attached hydrogens (tertiary/aromatic N) is 2. The van der Waals surface area contributed by atoms with E-state index in [1.165, 1.54) is 6.26 Å². The maximum atomic E-state index is 11.5. The minimum Gasteiger partial charge on any atom is -0.370 e. The van der Waals surface area contributed by atoms with Crippen LogP contribution in [-0.4, -0.2) is 58.8 Å². The number of hydrogen-bond donors (Lipinski definition) is 1. The van der Waals surface area contributed by atoms with Crippen LogP contribution in [0.2, 0.25) is 0 Å². The summed E-state index contributed by atoms with van der Waals surface area (Å²) in [5.41, 5.74) is 6.67. The van der Waals surface area contributed by atoms with E-state index in [1.807, 2.05) is 12.1 Å². The molecule has 0 bridgehead atoms. The Labute approximate surface area is 127 Å². The van der Waals surface area contributed by atoms with Crippen molar-refractivity contribution < 1.29 is 8.42 Å². The SMILES string of the molecule is CS(=O)(=O)c1ccc(N2CCCN(CCCN)CC2)cc1. The van der Waals surface area contributed by atoms with Crippen molar-refractivity contribution in [2.45, 2.75) is 17.7 Å². The van der Waals surface area contributed by atoms with Crippen molar-refractivity contribution >= 4 is 15.5 Å². The minimum absolute atomic E-state index is 0.380. The lowest BCUT2D eigenvalue weighted by molar-refractivity contribution is 0.291. The lowest BCUT2D eigenvalue weighted by Gasteiger charge is -2.23. The molecule has 0 radical (unpaired) electrons. The molecule has 0 amide bonds. The monoisotopic (exact) mass is 311 g/mol. The average molecular weight is 311 g/mol. The Hall–Kier alpha value is -1.11. The molecule has 1 aromatic rings. The normalized spacial score (nSPS) is 17.7. The number of sulfone groups is 1. The summed E-state index contributed by atoms with van der Waals surface area (Å²) >= 11 is 0. The van der Waals surface area contributed by atoms with E-state index >= 15 is 0 Å². The highest BCUT2D eigenvalue weighted by molar-refractivity contribution is 7.90. The van der Waals surface area contributed by atoms with Crippen molar-refractivity contribution in [3.05, 3.63) is 24.3 Å². The van der Waals surface area contributed by atoms with Gasteiger partial charge in [-0.15, -0.1) is 0 Å². The fourth-order valence-corrected chi connectivity index (χ4v) is 3.30. The Morgan fingerprint density at radius 1 is 1.10 bits per heavy atom. The molecule has 1 aliphatic heterocycles. The Balaban J connectivity index is 1.99. The second kappa shape index (κ2) is 7.24. The smallest absolute Gasteiger partial charge is 0.175 e. The Morgan fingerprint density at radius 3 is 2.43 bits per heavy atom. The van der Waals surface area contributed by atoms with Crippen LogP contribution in [-0.2, 0) is 9.84 Å². The van der Waals surface area contributed by atoms with E-state index in [-0.39, 0.29) is 0 Å². The third kappa shape index (κ3) is 4.69. The second-order valence-electron chi connectivity index (χ2n) is 5.59. The van der Waals surface area contributed by atoms with Gasteiger partial charge in [0.05, 0.1) is 4.90 Å². The van der Waals surface area contributed by atoms with E-state index in [2.05, 4.69) is 9.80 Å². The van der Waals surface area contributed by atoms with Gasteiger partial charge in [0.2, 0.25) is 0 Å². The quantitative estimate of drug-likeness (QED) is 0.877. The van der Waals surface area contributed by atoms with Gasteiger partial charge in [-0.05, 0) is 56.7 Å². The topological polar surface area (TPSA) is 66.6 Å². The molecule has 0 unspecified atom stereocenters. The largest absolute Gasteiger partial charge is 0.370 e. The summed E-state index contributed by atoms with van der Waals surface area (Å²) in [7, 11) is -3.12. The first-order chi connectivity index (χ1) is 10.0. The van der Waals surface area contributed by atoms with E-state index in [9.17, 15) is 8.42 Å². The highest BCUT2D eigenvalue weighted by Gasteiger charge is 2.15. The molecule has 2 N–H and O–H groups in total. The molecule has 1 aliphatic rings. The van der Waals surface area contributed by atoms with Crippen molar-refractivity contribution in [3.63, 3.8) is 0 Å². The first-order valence-electron chi connectivity index (χ1n) is 7.48. The number of anilines is 1. The summed E-state index contributed by atoms with van der Waals surface area (Å²) in [5, 5.41) is 0. The van der Waals surface area contributed by atoms with Gasteiger partial charge >= 0.3 is 0 Å². The Morgan fingerprint density at radius 2 is 1.81 bits per heavy atom. The van der Waals surface area contributed by atoms with Gasteiger partial charge in [-0.25, -0.2) is 8.42 Å². The summed E-state index contributed by atoms with van der Waals surface area (Å²) < 4.78 is 23.0. The van der Waals surface area contributed by atoms with Crippen molar-refractivity contribution in [1.82, 2.24) is 4.90 Å². The van der Waals surface area contributed by atoms with E-state index in [1.54, 1.807) is 12.1 Å². The maximum Gasteiger partial charge on any atom is 0.175 e. The summed E-state index contributed by atoms with van der Waals surface area (Å²) in [6.07, 6.45) is 3.41. The van der Waals surface area contributed by atoms with E-state index in [0.717, 1.165) is 57.8 Å². The Bertz CT molecular complexity index is 543. The number of nitrogens with two attached hydrogens (primary N) is 1. The zero-order valence-electron chi connectivity index (χ0n) is 12.7. The molecule has 5 nitrogen and oxygen atoms in total. The first-order valence-corrected chi connectivity index (χ1v) is 9.37. The third-order valence-electron chi connectivity index (χ3n) is 3.90. The fourth-order valence-electron chi connectivity index (χ4n) is 2.67. The van der Waals surface area contributed by atoms with Gasteiger partial charge in [0.1, 0.15) is 0 Å². The molecule has 0 saturated carbocycles. The number of rotatable bonds is 5. The van der Waals surface area contributed by atoms with Gasteiger partial charge in [-0.2, -0.15) is 0 Å². The van der Waals surface area contributed by atoms with Crippen molar-refractivity contribution in [2.24, 2.45) is 5.73 Å². The zero-order chi connectivity index (χ0) is 15.3. The molecular formula is C15H25N3O2S. The summed E-state index contributed by atoms with van der Waals surface area (Å²) in [5.74, 6) is 0. The molecule has 118 valence electrons. The predicted octanol–water partition coefficient (Wildman–Crippen LogP) is 0.951. The van der Waals surface area contributed by atoms with Crippen LogP contribution in [0.25, 0.3) is 0 Å². The lowest BCUT2D eigenvalue weighted by atomic mass is 10.2. The van der Waals surface area contributed by atoms with Crippen LogP contribution in [0, 0.1) is 0 Å². The molecule has 1 heterocycles. The van der Waals surface area contributed by atoms with Gasteiger partial charge in [0.15, 0.2) is 9.84 Å². The van der Waals surface area contributed by atoms with Crippen LogP contribution >= 0.6 is 0 Å². The molecule has 6 heteroatoms. The fraction of sp³-hybridized carbons (Fsp3) is 0.600. The van der Waals surface area contributed by atoms with Gasteiger partial charge < -0.3 is 15.5 Å². The highest BCUT2D eigenvalue weighted by Crippen LogP contribution is 2.19. The molecular weight excluding hydrogens is 286 g/mol. The first kappa shape index (κ1) is 16.3. The Kier molecular flexibility index (Phi) is 5.61. The van der Waals surface area contributed by atoms with E-state index < -0.39 is 9.84 Å². The molecule has 1 fully saturated rings. The second-order valence-corrected chi connectivity index (χ2v) is 7.61.